The van der Waals surface area contributed by atoms with Gasteiger partial charge in [0.15, 0.2) is 5.96 Å². The molecule has 0 spiro atoms. The van der Waals surface area contributed by atoms with Crippen molar-refractivity contribution in [3.05, 3.63) is 0 Å². The van der Waals surface area contributed by atoms with Crippen LogP contribution in [0.25, 0.3) is 0 Å². The molecule has 2 bridgehead atoms. The van der Waals surface area contributed by atoms with E-state index >= 15 is 0 Å². The normalized spacial score (nSPS) is 39.2. The summed E-state index contributed by atoms with van der Waals surface area (Å²) in [6.07, 6.45) is 9.79. The van der Waals surface area contributed by atoms with Crippen molar-refractivity contribution in [1.29, 1.82) is 0 Å². The molecule has 0 radical (unpaired) electrons. The molecule has 2 saturated carbocycles. The van der Waals surface area contributed by atoms with Gasteiger partial charge in [0.2, 0.25) is 0 Å². The number of rotatable bonds is 4. The molecule has 0 aromatic carbocycles. The first kappa shape index (κ1) is 11.4. The molecule has 2 fully saturated rings. The van der Waals surface area contributed by atoms with Crippen LogP contribution in [0, 0.1) is 11.8 Å². The molecular formula is C14H25N3. The van der Waals surface area contributed by atoms with Gasteiger partial charge in [0.05, 0.1) is 6.54 Å². The minimum Gasteiger partial charge on any atom is -0.355 e. The Morgan fingerprint density at radius 2 is 2.41 bits per heavy atom. The number of nitrogens with zero attached hydrogens (tertiary/aromatic N) is 1. The lowest BCUT2D eigenvalue weighted by Gasteiger charge is -2.32. The summed E-state index contributed by atoms with van der Waals surface area (Å²) >= 11 is 0. The van der Waals surface area contributed by atoms with E-state index in [-0.39, 0.29) is 0 Å². The minimum absolute atomic E-state index is 0.402. The van der Waals surface area contributed by atoms with Gasteiger partial charge in [-0.3, -0.25) is 4.99 Å². The second-order valence-electron chi connectivity index (χ2n) is 6.17. The smallest absolute Gasteiger partial charge is 0.191 e. The summed E-state index contributed by atoms with van der Waals surface area (Å²) in [5.41, 5.74) is 0.402. The molecular weight excluding hydrogens is 210 g/mol. The first-order valence-corrected chi connectivity index (χ1v) is 7.38. The Balaban J connectivity index is 1.60. The second kappa shape index (κ2) is 4.51. The van der Waals surface area contributed by atoms with Crippen LogP contribution in [0.2, 0.25) is 0 Å². The van der Waals surface area contributed by atoms with Crippen molar-refractivity contribution in [3.63, 3.8) is 0 Å². The zero-order chi connectivity index (χ0) is 11.7. The van der Waals surface area contributed by atoms with Crippen LogP contribution in [0.5, 0.6) is 0 Å². The molecule has 3 atom stereocenters. The monoisotopic (exact) mass is 235 g/mol. The number of hydrogen-bond donors (Lipinski definition) is 2. The lowest BCUT2D eigenvalue weighted by Crippen LogP contribution is -2.49. The van der Waals surface area contributed by atoms with E-state index in [0.29, 0.717) is 5.54 Å². The van der Waals surface area contributed by atoms with Crippen LogP contribution in [0.15, 0.2) is 4.99 Å². The third-order valence-electron chi connectivity index (χ3n) is 4.95. The molecule has 3 rings (SSSR count). The van der Waals surface area contributed by atoms with Crippen LogP contribution < -0.4 is 10.6 Å². The molecule has 1 heterocycles. The van der Waals surface area contributed by atoms with E-state index in [9.17, 15) is 0 Å². The molecule has 3 nitrogen and oxygen atoms in total. The summed E-state index contributed by atoms with van der Waals surface area (Å²) in [6.45, 7) is 4.26. The molecule has 3 heteroatoms. The van der Waals surface area contributed by atoms with Gasteiger partial charge in [-0.05, 0) is 37.5 Å². The number of unbranched alkanes of at least 4 members (excludes halogenated alkanes) is 1. The number of nitrogens with one attached hydrogen (secondary N) is 2. The second-order valence-corrected chi connectivity index (χ2v) is 6.17. The Hall–Kier alpha value is -0.730. The van der Waals surface area contributed by atoms with Crippen molar-refractivity contribution in [3.8, 4) is 0 Å². The summed E-state index contributed by atoms with van der Waals surface area (Å²) < 4.78 is 0. The van der Waals surface area contributed by atoms with E-state index in [1.165, 1.54) is 44.9 Å². The Labute approximate surface area is 104 Å². The molecule has 17 heavy (non-hydrogen) atoms. The van der Waals surface area contributed by atoms with Crippen LogP contribution >= 0.6 is 0 Å². The first-order chi connectivity index (χ1) is 8.31. The predicted octanol–water partition coefficient (Wildman–Crippen LogP) is 2.28. The average Bonchev–Trinajstić information content (AvgIpc) is 3.02. The van der Waals surface area contributed by atoms with Gasteiger partial charge < -0.3 is 10.6 Å². The van der Waals surface area contributed by atoms with Crippen molar-refractivity contribution in [2.24, 2.45) is 16.8 Å². The van der Waals surface area contributed by atoms with Crippen LogP contribution in [0.1, 0.15) is 51.9 Å². The third-order valence-corrected chi connectivity index (χ3v) is 4.95. The maximum atomic E-state index is 4.49. The van der Waals surface area contributed by atoms with Crippen LogP contribution in [0.4, 0.5) is 0 Å². The van der Waals surface area contributed by atoms with Gasteiger partial charge in [-0.15, -0.1) is 0 Å². The maximum absolute atomic E-state index is 4.49. The summed E-state index contributed by atoms with van der Waals surface area (Å²) in [7, 11) is 0. The number of fused-ring (bicyclic) bond motifs is 2. The van der Waals surface area contributed by atoms with E-state index in [1.54, 1.807) is 0 Å². The Morgan fingerprint density at radius 3 is 3.18 bits per heavy atom. The summed E-state index contributed by atoms with van der Waals surface area (Å²) in [4.78, 5) is 4.49. The summed E-state index contributed by atoms with van der Waals surface area (Å²) in [6, 6.07) is 0. The standard InChI is InChI=1S/C14H25N3/c1-2-3-4-11-9-14(6-5-12(11)10-14)17-13-15-7-8-16-13/h11-12H,2-10H2,1H3,(H2,15,16,17). The van der Waals surface area contributed by atoms with E-state index in [2.05, 4.69) is 22.5 Å². The Kier molecular flexibility index (Phi) is 3.01. The van der Waals surface area contributed by atoms with Crippen molar-refractivity contribution in [1.82, 2.24) is 10.6 Å². The van der Waals surface area contributed by atoms with Crippen LogP contribution in [0.3, 0.4) is 0 Å². The zero-order valence-corrected chi connectivity index (χ0v) is 11.0. The van der Waals surface area contributed by atoms with Crippen molar-refractivity contribution >= 4 is 5.96 Å². The van der Waals surface area contributed by atoms with Crippen molar-refractivity contribution < 1.29 is 0 Å². The highest BCUT2D eigenvalue weighted by molar-refractivity contribution is 5.82. The largest absolute Gasteiger partial charge is 0.355 e. The fraction of sp³-hybridized carbons (Fsp3) is 0.929. The topological polar surface area (TPSA) is 36.4 Å². The molecule has 96 valence electrons. The van der Waals surface area contributed by atoms with Gasteiger partial charge in [0.1, 0.15) is 0 Å². The SMILES string of the molecule is CCCCC1CC2(NC3=NCCN3)CCC1C2. The number of aliphatic imine (C=N–C) groups is 1. The third kappa shape index (κ3) is 2.16. The highest BCUT2D eigenvalue weighted by Crippen LogP contribution is 2.52. The lowest BCUT2D eigenvalue weighted by atomic mass is 9.83. The molecule has 0 saturated heterocycles. The van der Waals surface area contributed by atoms with Crippen molar-refractivity contribution in [2.45, 2.75) is 57.4 Å². The van der Waals surface area contributed by atoms with Gasteiger partial charge in [-0.25, -0.2) is 0 Å². The highest BCUT2D eigenvalue weighted by Gasteiger charge is 2.50. The van der Waals surface area contributed by atoms with E-state index in [4.69, 9.17) is 0 Å². The highest BCUT2D eigenvalue weighted by atomic mass is 15.2. The Bertz CT molecular complexity index is 313. The fourth-order valence-corrected chi connectivity index (χ4v) is 4.13. The van der Waals surface area contributed by atoms with Gasteiger partial charge in [0, 0.05) is 12.1 Å². The van der Waals surface area contributed by atoms with Crippen LogP contribution in [-0.4, -0.2) is 24.6 Å². The summed E-state index contributed by atoms with van der Waals surface area (Å²) in [5.74, 6) is 3.05. The fourth-order valence-electron chi connectivity index (χ4n) is 4.13. The minimum atomic E-state index is 0.402. The van der Waals surface area contributed by atoms with Gasteiger partial charge in [-0.1, -0.05) is 26.2 Å². The van der Waals surface area contributed by atoms with E-state index in [1.807, 2.05) is 0 Å². The maximum Gasteiger partial charge on any atom is 0.191 e. The number of hydrogen-bond acceptors (Lipinski definition) is 3. The molecule has 2 N–H and O–H groups in total. The van der Waals surface area contributed by atoms with Gasteiger partial charge in [0.25, 0.3) is 0 Å². The Morgan fingerprint density at radius 1 is 1.47 bits per heavy atom. The molecule has 1 aliphatic heterocycles. The molecule has 3 unspecified atom stereocenters. The van der Waals surface area contributed by atoms with Gasteiger partial charge >= 0.3 is 0 Å². The molecule has 2 aliphatic carbocycles. The van der Waals surface area contributed by atoms with Crippen molar-refractivity contribution in [2.75, 3.05) is 13.1 Å². The average molecular weight is 235 g/mol. The van der Waals surface area contributed by atoms with E-state index in [0.717, 1.165) is 30.9 Å². The van der Waals surface area contributed by atoms with Gasteiger partial charge in [-0.2, -0.15) is 0 Å². The zero-order valence-electron chi connectivity index (χ0n) is 11.0. The molecule has 0 aromatic heterocycles. The lowest BCUT2D eigenvalue weighted by molar-refractivity contribution is 0.277. The molecule has 0 aromatic rings. The summed E-state index contributed by atoms with van der Waals surface area (Å²) in [5, 5.41) is 7.09. The predicted molar refractivity (Wildman–Crippen MR) is 71.1 cm³/mol. The number of guanidine groups is 1. The quantitative estimate of drug-likeness (QED) is 0.784. The molecule has 3 aliphatic rings. The van der Waals surface area contributed by atoms with Crippen LogP contribution in [-0.2, 0) is 0 Å². The van der Waals surface area contributed by atoms with E-state index < -0.39 is 0 Å². The molecule has 0 amide bonds. The first-order valence-electron chi connectivity index (χ1n) is 7.38.